The third kappa shape index (κ3) is 3.45. The molecule has 0 heterocycles. The largest absolute Gasteiger partial charge is 0.496 e. The summed E-state index contributed by atoms with van der Waals surface area (Å²) in [5.74, 6) is 6.00. The van der Waals surface area contributed by atoms with E-state index in [1.165, 1.54) is 16.7 Å². The monoisotopic (exact) mass is 237 g/mol. The highest BCUT2D eigenvalue weighted by molar-refractivity contribution is 5.45. The first-order valence-electron chi connectivity index (χ1n) is 5.90. The lowest BCUT2D eigenvalue weighted by molar-refractivity contribution is 0.141. The minimum atomic E-state index is 0.0823. The highest BCUT2D eigenvalue weighted by atomic mass is 16.6. The summed E-state index contributed by atoms with van der Waals surface area (Å²) < 4.78 is 5.48. The van der Waals surface area contributed by atoms with Crippen molar-refractivity contribution in [2.45, 2.75) is 39.5 Å². The highest BCUT2D eigenvalue weighted by Gasteiger charge is 2.20. The number of hydrogen-bond acceptors (Lipinski definition) is 3. The molecular weight excluding hydrogens is 214 g/mol. The van der Waals surface area contributed by atoms with Crippen LogP contribution < -0.4 is 10.6 Å². The number of benzene rings is 1. The van der Waals surface area contributed by atoms with Gasteiger partial charge in [-0.25, -0.2) is 5.90 Å². The molecule has 0 aliphatic rings. The van der Waals surface area contributed by atoms with E-state index in [0.717, 1.165) is 12.2 Å². The molecule has 0 saturated heterocycles. The smallest absolute Gasteiger partial charge is 0.122 e. The van der Waals surface area contributed by atoms with Gasteiger partial charge in [0.25, 0.3) is 0 Å². The second-order valence-corrected chi connectivity index (χ2v) is 5.35. The molecule has 3 heteroatoms. The van der Waals surface area contributed by atoms with E-state index in [4.69, 9.17) is 10.6 Å². The van der Waals surface area contributed by atoms with Crippen molar-refractivity contribution in [2.24, 2.45) is 5.90 Å². The van der Waals surface area contributed by atoms with Crippen molar-refractivity contribution in [3.8, 4) is 5.75 Å². The summed E-state index contributed by atoms with van der Waals surface area (Å²) >= 11 is 0. The van der Waals surface area contributed by atoms with Crippen LogP contribution in [-0.2, 0) is 16.7 Å². The third-order valence-corrected chi connectivity index (χ3v) is 2.96. The van der Waals surface area contributed by atoms with Gasteiger partial charge in [0, 0.05) is 0 Å². The molecule has 0 aliphatic heterocycles. The van der Waals surface area contributed by atoms with Crippen LogP contribution in [0.3, 0.4) is 0 Å². The van der Waals surface area contributed by atoms with Crippen molar-refractivity contribution < 1.29 is 9.57 Å². The molecule has 0 bridgehead atoms. The van der Waals surface area contributed by atoms with E-state index in [1.807, 2.05) is 0 Å². The van der Waals surface area contributed by atoms with Gasteiger partial charge in [0.05, 0.1) is 13.7 Å². The molecule has 0 aliphatic carbocycles. The quantitative estimate of drug-likeness (QED) is 0.819. The number of rotatable bonds is 4. The first-order valence-corrected chi connectivity index (χ1v) is 5.90. The van der Waals surface area contributed by atoms with Gasteiger partial charge in [0.2, 0.25) is 0 Å². The zero-order valence-corrected chi connectivity index (χ0v) is 11.5. The first kappa shape index (κ1) is 14.0. The minimum absolute atomic E-state index is 0.0823. The summed E-state index contributed by atoms with van der Waals surface area (Å²) in [6, 6.07) is 4.29. The maximum atomic E-state index is 5.48. The Morgan fingerprint density at radius 1 is 1.24 bits per heavy atom. The standard InChI is InChI=1S/C14H23NO2/c1-10-8-12(14(2,3)4)13(16-5)9-11(10)6-7-17-15/h8-9H,6-7,15H2,1-5H3. The third-order valence-electron chi connectivity index (χ3n) is 2.96. The van der Waals surface area contributed by atoms with E-state index in [-0.39, 0.29) is 5.41 Å². The maximum Gasteiger partial charge on any atom is 0.122 e. The Kier molecular flexibility index (Phi) is 4.54. The zero-order valence-electron chi connectivity index (χ0n) is 11.5. The van der Waals surface area contributed by atoms with Gasteiger partial charge in [-0.1, -0.05) is 26.8 Å². The van der Waals surface area contributed by atoms with Crippen molar-refractivity contribution in [1.29, 1.82) is 0 Å². The van der Waals surface area contributed by atoms with Crippen LogP contribution >= 0.6 is 0 Å². The number of nitrogens with two attached hydrogens (primary N) is 1. The van der Waals surface area contributed by atoms with Crippen LogP contribution in [-0.4, -0.2) is 13.7 Å². The molecule has 1 aromatic rings. The van der Waals surface area contributed by atoms with E-state index >= 15 is 0 Å². The molecule has 3 nitrogen and oxygen atoms in total. The summed E-state index contributed by atoms with van der Waals surface area (Å²) in [5, 5.41) is 0. The average molecular weight is 237 g/mol. The Hall–Kier alpha value is -1.06. The lowest BCUT2D eigenvalue weighted by Crippen LogP contribution is -2.14. The van der Waals surface area contributed by atoms with Crippen LogP contribution in [0.15, 0.2) is 12.1 Å². The van der Waals surface area contributed by atoms with Gasteiger partial charge >= 0.3 is 0 Å². The summed E-state index contributed by atoms with van der Waals surface area (Å²) in [6.07, 6.45) is 0.809. The zero-order chi connectivity index (χ0) is 13.1. The van der Waals surface area contributed by atoms with Gasteiger partial charge in [0.1, 0.15) is 5.75 Å². The number of aryl methyl sites for hydroxylation is 1. The van der Waals surface area contributed by atoms with Crippen LogP contribution in [0.1, 0.15) is 37.5 Å². The molecule has 0 unspecified atom stereocenters. The van der Waals surface area contributed by atoms with E-state index in [9.17, 15) is 0 Å². The summed E-state index contributed by atoms with van der Waals surface area (Å²) in [4.78, 5) is 4.63. The molecule has 0 radical (unpaired) electrons. The minimum Gasteiger partial charge on any atom is -0.496 e. The van der Waals surface area contributed by atoms with Crippen LogP contribution in [0.25, 0.3) is 0 Å². The Morgan fingerprint density at radius 2 is 1.88 bits per heavy atom. The average Bonchev–Trinajstić information content (AvgIpc) is 2.25. The van der Waals surface area contributed by atoms with Gasteiger partial charge in [-0.2, -0.15) is 0 Å². The van der Waals surface area contributed by atoms with Crippen LogP contribution in [0.4, 0.5) is 0 Å². The van der Waals surface area contributed by atoms with Crippen molar-refractivity contribution in [3.63, 3.8) is 0 Å². The molecule has 0 fully saturated rings. The van der Waals surface area contributed by atoms with Crippen molar-refractivity contribution in [1.82, 2.24) is 0 Å². The second kappa shape index (κ2) is 5.52. The number of ether oxygens (including phenoxy) is 1. The lowest BCUT2D eigenvalue weighted by Gasteiger charge is -2.24. The molecule has 0 amide bonds. The van der Waals surface area contributed by atoms with Gasteiger partial charge in [-0.05, 0) is 41.5 Å². The molecule has 2 N–H and O–H groups in total. The highest BCUT2D eigenvalue weighted by Crippen LogP contribution is 2.33. The second-order valence-electron chi connectivity index (χ2n) is 5.35. The summed E-state index contributed by atoms with van der Waals surface area (Å²) in [5.41, 5.74) is 3.79. The molecule has 0 atom stereocenters. The SMILES string of the molecule is COc1cc(CCON)c(C)cc1C(C)(C)C. The summed E-state index contributed by atoms with van der Waals surface area (Å²) in [7, 11) is 1.71. The van der Waals surface area contributed by atoms with Gasteiger partial charge in [0.15, 0.2) is 0 Å². The predicted octanol–water partition coefficient (Wildman–Crippen LogP) is 2.73. The van der Waals surface area contributed by atoms with E-state index < -0.39 is 0 Å². The Morgan fingerprint density at radius 3 is 2.35 bits per heavy atom. The van der Waals surface area contributed by atoms with Crippen molar-refractivity contribution >= 4 is 0 Å². The maximum absolute atomic E-state index is 5.48. The van der Waals surface area contributed by atoms with Gasteiger partial charge in [-0.15, -0.1) is 0 Å². The number of hydrogen-bond donors (Lipinski definition) is 1. The van der Waals surface area contributed by atoms with Gasteiger partial charge in [-0.3, -0.25) is 0 Å². The Bertz CT molecular complexity index is 381. The van der Waals surface area contributed by atoms with Crippen molar-refractivity contribution in [3.05, 3.63) is 28.8 Å². The fourth-order valence-electron chi connectivity index (χ4n) is 1.92. The lowest BCUT2D eigenvalue weighted by atomic mass is 9.84. The molecule has 0 saturated carbocycles. The topological polar surface area (TPSA) is 44.5 Å². The predicted molar refractivity (Wildman–Crippen MR) is 70.3 cm³/mol. The van der Waals surface area contributed by atoms with Crippen LogP contribution in [0.5, 0.6) is 5.75 Å². The first-order chi connectivity index (χ1) is 7.90. The van der Waals surface area contributed by atoms with E-state index in [1.54, 1.807) is 7.11 Å². The fourth-order valence-corrected chi connectivity index (χ4v) is 1.92. The molecule has 17 heavy (non-hydrogen) atoms. The normalized spacial score (nSPS) is 11.6. The molecule has 0 aromatic heterocycles. The van der Waals surface area contributed by atoms with Crippen molar-refractivity contribution in [2.75, 3.05) is 13.7 Å². The van der Waals surface area contributed by atoms with E-state index in [0.29, 0.717) is 6.61 Å². The Balaban J connectivity index is 3.15. The van der Waals surface area contributed by atoms with Crippen LogP contribution in [0, 0.1) is 6.92 Å². The van der Waals surface area contributed by atoms with Gasteiger partial charge < -0.3 is 9.57 Å². The fraction of sp³-hybridized carbons (Fsp3) is 0.571. The molecule has 96 valence electrons. The number of methoxy groups -OCH3 is 1. The molecule has 1 rings (SSSR count). The molecule has 0 spiro atoms. The van der Waals surface area contributed by atoms with Crippen LogP contribution in [0.2, 0.25) is 0 Å². The molecular formula is C14H23NO2. The Labute approximate surface area is 104 Å². The summed E-state index contributed by atoms with van der Waals surface area (Å²) in [6.45, 7) is 9.20. The van der Waals surface area contributed by atoms with E-state index in [2.05, 4.69) is 44.7 Å². The molecule has 1 aromatic carbocycles.